The molecule has 0 unspecified atom stereocenters. The van der Waals surface area contributed by atoms with E-state index in [1.165, 1.54) is 12.0 Å². The van der Waals surface area contributed by atoms with Crippen molar-refractivity contribution in [2.24, 2.45) is 5.16 Å². The summed E-state index contributed by atoms with van der Waals surface area (Å²) < 4.78 is 16.0. The summed E-state index contributed by atoms with van der Waals surface area (Å²) in [5.41, 5.74) is 1.32. The highest BCUT2D eigenvalue weighted by molar-refractivity contribution is 6.32. The van der Waals surface area contributed by atoms with Crippen LogP contribution in [0.1, 0.15) is 18.4 Å². The van der Waals surface area contributed by atoms with Crippen molar-refractivity contribution in [3.63, 3.8) is 0 Å². The third-order valence-corrected chi connectivity index (χ3v) is 5.25. The van der Waals surface area contributed by atoms with E-state index in [1.54, 1.807) is 19.2 Å². The van der Waals surface area contributed by atoms with E-state index in [9.17, 15) is 4.79 Å². The highest BCUT2D eigenvalue weighted by Gasteiger charge is 2.30. The van der Waals surface area contributed by atoms with Crippen molar-refractivity contribution in [1.29, 1.82) is 0 Å². The fourth-order valence-electron chi connectivity index (χ4n) is 3.34. The van der Waals surface area contributed by atoms with Gasteiger partial charge in [-0.05, 0) is 6.07 Å². The number of oxime groups is 1. The summed E-state index contributed by atoms with van der Waals surface area (Å²) in [6.07, 6.45) is 0.638. The molecule has 1 fully saturated rings. The zero-order valence-corrected chi connectivity index (χ0v) is 17.0. The number of hydrogen-bond donors (Lipinski definition) is 2. The second-order valence-corrected chi connectivity index (χ2v) is 7.19. The maximum absolute atomic E-state index is 12.4. The van der Waals surface area contributed by atoms with Crippen molar-refractivity contribution in [1.82, 2.24) is 5.32 Å². The second kappa shape index (κ2) is 9.95. The molecule has 154 valence electrons. The Morgan fingerprint density at radius 2 is 2.04 bits per heavy atom. The summed E-state index contributed by atoms with van der Waals surface area (Å²) in [5.74, 6) is 0.922. The zero-order valence-electron chi connectivity index (χ0n) is 16.3. The Bertz CT molecular complexity index is 722. The first-order valence-corrected chi connectivity index (χ1v) is 9.83. The lowest BCUT2D eigenvalue weighted by molar-refractivity contribution is -0.908. The maximum atomic E-state index is 12.4. The van der Waals surface area contributed by atoms with E-state index in [2.05, 4.69) is 10.5 Å². The minimum Gasteiger partial charge on any atom is -0.496 e. The summed E-state index contributed by atoms with van der Waals surface area (Å²) in [6.45, 7) is 5.34. The van der Waals surface area contributed by atoms with Crippen molar-refractivity contribution >= 4 is 23.2 Å². The van der Waals surface area contributed by atoms with E-state index in [0.29, 0.717) is 40.8 Å². The Balaban J connectivity index is 1.49. The minimum atomic E-state index is -0.642. The topological polar surface area (TPSA) is 82.8 Å². The smallest absolute Gasteiger partial charge is 0.264 e. The summed E-state index contributed by atoms with van der Waals surface area (Å²) in [5, 5.41) is 7.45. The fraction of sp³-hybridized carbons (Fsp3) is 0.579. The van der Waals surface area contributed by atoms with Gasteiger partial charge >= 0.3 is 0 Å². The van der Waals surface area contributed by atoms with Crippen LogP contribution in [0.4, 0.5) is 0 Å². The van der Waals surface area contributed by atoms with E-state index in [-0.39, 0.29) is 5.91 Å². The molecule has 2 heterocycles. The molecule has 28 heavy (non-hydrogen) atoms. The molecule has 0 aromatic heterocycles. The lowest BCUT2D eigenvalue weighted by atomic mass is 10.0. The molecule has 0 saturated carbocycles. The standard InChI is InChI=1S/C19H26ClN3O5/c1-25-16-12-17(26-2)14(20)10-13(16)15-11-18(28-22-15)19(24)21-4-3-5-23-6-8-27-9-7-23/h10,12,18H,3-9,11H2,1-2H3,(H,21,24)/p+1/t18-/m0/s1. The van der Waals surface area contributed by atoms with E-state index in [4.69, 9.17) is 30.6 Å². The first-order valence-electron chi connectivity index (χ1n) is 9.46. The molecule has 1 saturated heterocycles. The Labute approximate surface area is 169 Å². The molecule has 0 spiro atoms. The van der Waals surface area contributed by atoms with Gasteiger partial charge in [-0.3, -0.25) is 4.79 Å². The third-order valence-electron chi connectivity index (χ3n) is 4.95. The lowest BCUT2D eigenvalue weighted by Gasteiger charge is -2.23. The van der Waals surface area contributed by atoms with Crippen LogP contribution >= 0.6 is 11.6 Å². The van der Waals surface area contributed by atoms with Crippen LogP contribution in [0.25, 0.3) is 0 Å². The normalized spacial score (nSPS) is 19.7. The van der Waals surface area contributed by atoms with Gasteiger partial charge in [0.2, 0.25) is 6.10 Å². The monoisotopic (exact) mass is 412 g/mol. The molecule has 0 aliphatic carbocycles. The Kier molecular flexibility index (Phi) is 7.36. The number of carbonyl (C=O) groups is 1. The largest absolute Gasteiger partial charge is 0.496 e. The van der Waals surface area contributed by atoms with Gasteiger partial charge in [-0.2, -0.15) is 0 Å². The van der Waals surface area contributed by atoms with Crippen LogP contribution in [0.2, 0.25) is 5.02 Å². The van der Waals surface area contributed by atoms with Crippen molar-refractivity contribution in [3.05, 3.63) is 22.7 Å². The number of nitrogens with zero attached hydrogens (tertiary/aromatic N) is 1. The van der Waals surface area contributed by atoms with Gasteiger partial charge in [0.15, 0.2) is 0 Å². The van der Waals surface area contributed by atoms with E-state index in [1.807, 2.05) is 0 Å². The van der Waals surface area contributed by atoms with E-state index < -0.39 is 6.10 Å². The van der Waals surface area contributed by atoms with Crippen LogP contribution < -0.4 is 19.7 Å². The number of rotatable bonds is 8. The Morgan fingerprint density at radius 1 is 1.29 bits per heavy atom. The fourth-order valence-corrected chi connectivity index (χ4v) is 3.58. The highest BCUT2D eigenvalue weighted by atomic mass is 35.5. The molecule has 1 aromatic carbocycles. The van der Waals surface area contributed by atoms with Crippen molar-refractivity contribution < 1.29 is 28.7 Å². The van der Waals surface area contributed by atoms with Crippen LogP contribution in [0.5, 0.6) is 11.5 Å². The predicted molar refractivity (Wildman–Crippen MR) is 105 cm³/mol. The molecule has 9 heteroatoms. The molecule has 0 radical (unpaired) electrons. The van der Waals surface area contributed by atoms with Crippen molar-refractivity contribution in [2.75, 3.05) is 53.6 Å². The number of benzene rings is 1. The molecule has 3 rings (SSSR count). The first kappa shape index (κ1) is 20.7. The molecule has 2 aliphatic rings. The molecule has 2 N–H and O–H groups in total. The van der Waals surface area contributed by atoms with Gasteiger partial charge in [-0.1, -0.05) is 16.8 Å². The highest BCUT2D eigenvalue weighted by Crippen LogP contribution is 2.34. The van der Waals surface area contributed by atoms with Crippen LogP contribution in [0, 0.1) is 0 Å². The Morgan fingerprint density at radius 3 is 2.75 bits per heavy atom. The second-order valence-electron chi connectivity index (χ2n) is 6.78. The molecular weight excluding hydrogens is 386 g/mol. The Hall–Kier alpha value is -2.03. The van der Waals surface area contributed by atoms with Gasteiger partial charge in [0, 0.05) is 31.0 Å². The number of methoxy groups -OCH3 is 2. The molecule has 0 bridgehead atoms. The summed E-state index contributed by atoms with van der Waals surface area (Å²) >= 11 is 6.22. The number of quaternary nitrogens is 1. The van der Waals surface area contributed by atoms with Crippen LogP contribution in [0.15, 0.2) is 17.3 Å². The van der Waals surface area contributed by atoms with E-state index >= 15 is 0 Å². The number of morpholine rings is 1. The molecular formula is C19H27ClN3O5+. The third kappa shape index (κ3) is 5.06. The first-order chi connectivity index (χ1) is 13.6. The molecule has 2 aliphatic heterocycles. The number of hydrogen-bond acceptors (Lipinski definition) is 6. The van der Waals surface area contributed by atoms with E-state index in [0.717, 1.165) is 39.3 Å². The lowest BCUT2D eigenvalue weighted by Crippen LogP contribution is -3.14. The van der Waals surface area contributed by atoms with Gasteiger partial charge < -0.3 is 29.3 Å². The van der Waals surface area contributed by atoms with Gasteiger partial charge in [0.1, 0.15) is 24.6 Å². The predicted octanol–water partition coefficient (Wildman–Crippen LogP) is 0.272. The van der Waals surface area contributed by atoms with Crippen LogP contribution in [-0.2, 0) is 14.4 Å². The maximum Gasteiger partial charge on any atom is 0.264 e. The quantitative estimate of drug-likeness (QED) is 0.599. The molecule has 1 aromatic rings. The number of amides is 1. The van der Waals surface area contributed by atoms with Gasteiger partial charge in [0.25, 0.3) is 5.91 Å². The van der Waals surface area contributed by atoms with Gasteiger partial charge in [-0.15, -0.1) is 0 Å². The number of carbonyl (C=O) groups excluding carboxylic acids is 1. The number of ether oxygens (including phenoxy) is 3. The SMILES string of the molecule is COc1cc(OC)c(C2=NO[C@H](C(=O)NCCC[NH+]3CCOCC3)C2)cc1Cl. The zero-order chi connectivity index (χ0) is 19.9. The van der Waals surface area contributed by atoms with Crippen molar-refractivity contribution in [2.45, 2.75) is 18.9 Å². The average Bonchev–Trinajstić information content (AvgIpc) is 3.22. The summed E-state index contributed by atoms with van der Waals surface area (Å²) in [4.78, 5) is 19.3. The van der Waals surface area contributed by atoms with Crippen molar-refractivity contribution in [3.8, 4) is 11.5 Å². The number of nitrogens with one attached hydrogen (secondary N) is 2. The minimum absolute atomic E-state index is 0.158. The van der Waals surface area contributed by atoms with Crippen LogP contribution in [-0.4, -0.2) is 71.3 Å². The van der Waals surface area contributed by atoms with Gasteiger partial charge in [-0.25, -0.2) is 0 Å². The molecule has 1 amide bonds. The molecule has 8 nitrogen and oxygen atoms in total. The summed E-state index contributed by atoms with van der Waals surface area (Å²) in [6, 6.07) is 3.41. The number of halogens is 1. The molecule has 1 atom stereocenters. The van der Waals surface area contributed by atoms with Crippen LogP contribution in [0.3, 0.4) is 0 Å². The summed E-state index contributed by atoms with van der Waals surface area (Å²) in [7, 11) is 3.10. The average molecular weight is 413 g/mol. The van der Waals surface area contributed by atoms with Gasteiger partial charge in [0.05, 0.1) is 44.7 Å².